The normalized spacial score (nSPS) is 18.2. The number of likely N-dealkylation sites (tertiary alicyclic amines) is 1. The van der Waals surface area contributed by atoms with Gasteiger partial charge in [0.05, 0.1) is 25.5 Å². The Kier molecular flexibility index (Phi) is 9.88. The Morgan fingerprint density at radius 2 is 1.98 bits per heavy atom. The predicted octanol–water partition coefficient (Wildman–Crippen LogP) is 4.27. The third kappa shape index (κ3) is 6.97. The summed E-state index contributed by atoms with van der Waals surface area (Å²) in [4.78, 5) is 39.3. The molecule has 4 heterocycles. The molecule has 0 saturated carbocycles. The number of aromatic nitrogens is 3. The Bertz CT molecular complexity index is 1890. The lowest BCUT2D eigenvalue weighted by Gasteiger charge is -2.29. The minimum atomic E-state index is -0.664. The molecule has 0 spiro atoms. The van der Waals surface area contributed by atoms with Crippen LogP contribution in [0.2, 0.25) is 0 Å². The second-order valence-corrected chi connectivity index (χ2v) is 13.0. The van der Waals surface area contributed by atoms with Crippen LogP contribution < -0.4 is 15.4 Å². The second kappa shape index (κ2) is 14.4. The van der Waals surface area contributed by atoms with Crippen LogP contribution in [0.3, 0.4) is 0 Å². The number of aliphatic imine (C=N–C) groups is 1. The van der Waals surface area contributed by atoms with E-state index in [4.69, 9.17) is 10.1 Å². The summed E-state index contributed by atoms with van der Waals surface area (Å²) in [6.07, 6.45) is 8.65. The molecule has 48 heavy (non-hydrogen) atoms. The summed E-state index contributed by atoms with van der Waals surface area (Å²) in [5.74, 6) is 0.695. The Labute approximate surface area is 283 Å². The molecule has 13 heteroatoms. The fourth-order valence-corrected chi connectivity index (χ4v) is 7.00. The molecule has 0 unspecified atom stereocenters. The smallest absolute Gasteiger partial charge is 0.241 e. The number of benzene rings is 2. The number of fused-ring (bicyclic) bond motifs is 1. The summed E-state index contributed by atoms with van der Waals surface area (Å²) in [5, 5.41) is 22.4. The highest BCUT2D eigenvalue weighted by Crippen LogP contribution is 2.36. The van der Waals surface area contributed by atoms with Crippen LogP contribution in [0, 0.1) is 5.41 Å². The topological polar surface area (TPSA) is 152 Å². The van der Waals surface area contributed by atoms with Crippen LogP contribution in [0.5, 0.6) is 5.88 Å². The van der Waals surface area contributed by atoms with E-state index in [1.807, 2.05) is 65.8 Å². The first-order valence-corrected chi connectivity index (χ1v) is 17.0. The average molecular weight is 666 g/mol. The van der Waals surface area contributed by atoms with Crippen molar-refractivity contribution in [3.8, 4) is 17.1 Å². The lowest BCUT2D eigenvalue weighted by molar-refractivity contribution is -0.132. The molecule has 12 nitrogen and oxygen atoms in total. The monoisotopic (exact) mass is 665 g/mol. The highest BCUT2D eigenvalue weighted by Gasteiger charge is 2.44. The largest absolute Gasteiger partial charge is 0.481 e. The van der Waals surface area contributed by atoms with Gasteiger partial charge in [-0.1, -0.05) is 30.3 Å². The summed E-state index contributed by atoms with van der Waals surface area (Å²) >= 11 is 1.54. The molecule has 2 aromatic heterocycles. The number of amides is 2. The fraction of sp³-hybridized carbons (Fsp3) is 0.314. The van der Waals surface area contributed by atoms with Gasteiger partial charge in [-0.15, -0.1) is 11.8 Å². The Hall–Kier alpha value is -5.01. The Balaban J connectivity index is 1.06. The molecule has 2 aliphatic heterocycles. The molecule has 4 N–H and O–H groups in total. The van der Waals surface area contributed by atoms with E-state index in [9.17, 15) is 9.59 Å². The van der Waals surface area contributed by atoms with E-state index in [0.29, 0.717) is 44.2 Å². The van der Waals surface area contributed by atoms with Crippen LogP contribution >= 0.6 is 11.8 Å². The lowest BCUT2D eigenvalue weighted by Crippen LogP contribution is -2.45. The molecule has 6 rings (SSSR count). The standard InChI is InChI=1S/C35H39N9O3S/c1-37-22-39-33(36)25-6-4-23(5-7-25)24-11-15-44(16-12-24)31(45)20-43-17-13-35(21-43,48-3)34(46)40-27-8-9-29-28(19-27)32(42-41-29)26-10-14-38-30(18-26)47-2/h4-11,14,18-19,22H,12-13,15-17,20-21H2,1-3H3,(H,40,46)(H,41,42)(H2,36,37,39)/t35-/m0/s1. The van der Waals surface area contributed by atoms with Crippen molar-refractivity contribution >= 4 is 57.9 Å². The Morgan fingerprint density at radius 1 is 1.15 bits per heavy atom. The highest BCUT2D eigenvalue weighted by atomic mass is 32.2. The van der Waals surface area contributed by atoms with Gasteiger partial charge >= 0.3 is 0 Å². The highest BCUT2D eigenvalue weighted by molar-refractivity contribution is 8.00. The van der Waals surface area contributed by atoms with E-state index in [0.717, 1.165) is 39.7 Å². The average Bonchev–Trinajstić information content (AvgIpc) is 3.75. The number of carbonyl (C=O) groups is 2. The minimum absolute atomic E-state index is 0.0690. The van der Waals surface area contributed by atoms with Crippen molar-refractivity contribution < 1.29 is 14.3 Å². The van der Waals surface area contributed by atoms with Crippen molar-refractivity contribution in [2.24, 2.45) is 4.99 Å². The van der Waals surface area contributed by atoms with Crippen LogP contribution in [0.15, 0.2) is 71.9 Å². The first kappa shape index (κ1) is 32.9. The van der Waals surface area contributed by atoms with Gasteiger partial charge in [-0.2, -0.15) is 5.10 Å². The lowest BCUT2D eigenvalue weighted by atomic mass is 9.98. The first-order valence-electron chi connectivity index (χ1n) is 15.8. The van der Waals surface area contributed by atoms with Gasteiger partial charge in [-0.05, 0) is 54.5 Å². The number of methoxy groups -OCH3 is 1. The number of hydrogen-bond acceptors (Lipinski definition) is 8. The molecule has 2 aliphatic rings. The van der Waals surface area contributed by atoms with Gasteiger partial charge < -0.3 is 20.3 Å². The molecule has 1 atom stereocenters. The van der Waals surface area contributed by atoms with Gasteiger partial charge in [0.15, 0.2) is 5.84 Å². The number of hydrogen-bond donors (Lipinski definition) is 4. The number of nitrogens with one attached hydrogen (secondary N) is 4. The van der Waals surface area contributed by atoms with Crippen LogP contribution in [0.25, 0.3) is 27.7 Å². The molecule has 0 radical (unpaired) electrons. The van der Waals surface area contributed by atoms with Crippen LogP contribution in [0.4, 0.5) is 5.69 Å². The number of anilines is 1. The molecule has 0 bridgehead atoms. The molecule has 0 aliphatic carbocycles. The van der Waals surface area contributed by atoms with E-state index in [2.05, 4.69) is 41.8 Å². The quantitative estimate of drug-likeness (QED) is 0.145. The molecule has 2 aromatic carbocycles. The van der Waals surface area contributed by atoms with E-state index in [1.165, 1.54) is 23.7 Å². The van der Waals surface area contributed by atoms with Crippen molar-refractivity contribution in [1.82, 2.24) is 30.3 Å². The molecular formula is C35H39N9O3S. The third-order valence-electron chi connectivity index (χ3n) is 8.93. The zero-order valence-corrected chi connectivity index (χ0v) is 28.1. The second-order valence-electron chi connectivity index (χ2n) is 11.8. The van der Waals surface area contributed by atoms with Gasteiger partial charge in [0.1, 0.15) is 10.4 Å². The number of aromatic amines is 1. The van der Waals surface area contributed by atoms with Crippen molar-refractivity contribution in [3.63, 3.8) is 0 Å². The summed E-state index contributed by atoms with van der Waals surface area (Å²) in [6, 6.07) is 17.2. The van der Waals surface area contributed by atoms with E-state index < -0.39 is 4.75 Å². The van der Waals surface area contributed by atoms with Crippen molar-refractivity contribution in [1.29, 1.82) is 5.41 Å². The zero-order chi connectivity index (χ0) is 33.7. The van der Waals surface area contributed by atoms with Gasteiger partial charge in [0, 0.05) is 67.7 Å². The third-order valence-corrected chi connectivity index (χ3v) is 10.2. The van der Waals surface area contributed by atoms with Gasteiger partial charge in [0.2, 0.25) is 17.7 Å². The van der Waals surface area contributed by atoms with E-state index in [1.54, 1.807) is 20.4 Å². The van der Waals surface area contributed by atoms with Gasteiger partial charge in [0.25, 0.3) is 0 Å². The number of carbonyl (C=O) groups excluding carboxylic acids is 2. The number of rotatable bonds is 10. The summed E-state index contributed by atoms with van der Waals surface area (Å²) in [6.45, 7) is 2.63. The number of ether oxygens (including phenoxy) is 1. The predicted molar refractivity (Wildman–Crippen MR) is 192 cm³/mol. The van der Waals surface area contributed by atoms with Crippen LogP contribution in [-0.2, 0) is 9.59 Å². The molecule has 2 amide bonds. The minimum Gasteiger partial charge on any atom is -0.481 e. The molecule has 248 valence electrons. The number of thioether (sulfide) groups is 1. The number of amidine groups is 1. The Morgan fingerprint density at radius 3 is 2.71 bits per heavy atom. The SMILES string of the molecule is CN/C=N\C(=N)c1ccc(C2=CCN(C(=O)CN3CC[C@@](SC)(C(=O)Nc4ccc5[nH]nc(-c6ccnc(OC)c6)c5c4)C3)CC2)cc1. The fourth-order valence-electron chi connectivity index (χ4n) is 6.16. The number of H-pyrrole nitrogens is 1. The maximum atomic E-state index is 13.8. The van der Waals surface area contributed by atoms with Crippen molar-refractivity contribution in [2.75, 3.05) is 58.5 Å². The molecule has 1 fully saturated rings. The molecule has 4 aromatic rings. The number of pyridine rings is 1. The first-order chi connectivity index (χ1) is 23.3. The van der Waals surface area contributed by atoms with Crippen molar-refractivity contribution in [3.05, 3.63) is 78.0 Å². The van der Waals surface area contributed by atoms with Gasteiger partial charge in [-0.25, -0.2) is 9.98 Å². The number of nitrogens with zero attached hydrogens (tertiary/aromatic N) is 5. The zero-order valence-electron chi connectivity index (χ0n) is 27.2. The maximum Gasteiger partial charge on any atom is 0.241 e. The molecular weight excluding hydrogens is 627 g/mol. The van der Waals surface area contributed by atoms with E-state index >= 15 is 0 Å². The summed E-state index contributed by atoms with van der Waals surface area (Å²) in [5.41, 5.74) is 6.17. The summed E-state index contributed by atoms with van der Waals surface area (Å²) < 4.78 is 4.61. The van der Waals surface area contributed by atoms with Crippen LogP contribution in [-0.4, -0.2) is 107 Å². The van der Waals surface area contributed by atoms with E-state index in [-0.39, 0.29) is 24.2 Å². The molecule has 1 saturated heterocycles. The van der Waals surface area contributed by atoms with Crippen molar-refractivity contribution in [2.45, 2.75) is 17.6 Å². The van der Waals surface area contributed by atoms with Crippen LogP contribution in [0.1, 0.15) is 24.0 Å². The summed E-state index contributed by atoms with van der Waals surface area (Å²) in [7, 11) is 3.32. The van der Waals surface area contributed by atoms with Gasteiger partial charge in [-0.3, -0.25) is 25.0 Å². The maximum absolute atomic E-state index is 13.8.